The number of hydrogen-bond donors (Lipinski definition) is 0. The van der Waals surface area contributed by atoms with Crippen LogP contribution in [-0.2, 0) is 5.41 Å². The van der Waals surface area contributed by atoms with Gasteiger partial charge < -0.3 is 9.47 Å². The van der Waals surface area contributed by atoms with Crippen LogP contribution in [0.1, 0.15) is 54.2 Å². The number of aryl methyl sites for hydroxylation is 5. The number of pyridine rings is 1. The van der Waals surface area contributed by atoms with E-state index in [1.165, 1.54) is 27.9 Å². The summed E-state index contributed by atoms with van der Waals surface area (Å²) < 4.78 is 15.9. The summed E-state index contributed by atoms with van der Waals surface area (Å²) in [6.45, 7) is 17.3. The van der Waals surface area contributed by atoms with E-state index in [0.29, 0.717) is 0 Å². The molecule has 0 aliphatic carbocycles. The molecule has 0 saturated carbocycles. The van der Waals surface area contributed by atoms with Gasteiger partial charge in [-0.2, -0.15) is 0 Å². The Morgan fingerprint density at radius 2 is 1.24 bits per heavy atom. The summed E-state index contributed by atoms with van der Waals surface area (Å²) in [5.74, 6) is 4.31. The number of aromatic nitrogens is 3. The van der Waals surface area contributed by atoms with Gasteiger partial charge in [-0.3, -0.25) is 9.55 Å². The lowest BCUT2D eigenvalue weighted by molar-refractivity contribution is 0.458. The molecule has 250 valence electrons. The van der Waals surface area contributed by atoms with Crippen LogP contribution in [-0.4, -0.2) is 21.2 Å². The molecule has 2 aromatic heterocycles. The van der Waals surface area contributed by atoms with Crippen molar-refractivity contribution in [2.45, 2.75) is 60.8 Å². The normalized spacial score (nSPS) is 13.0. The first-order valence-corrected chi connectivity index (χ1v) is 17.8. The quantitative estimate of drug-likeness (QED) is 0.177. The number of hydrogen-bond acceptors (Lipinski definition) is 4. The van der Waals surface area contributed by atoms with Crippen LogP contribution >= 0.6 is 0 Å². The van der Waals surface area contributed by atoms with Crippen molar-refractivity contribution in [3.05, 3.63) is 131 Å². The van der Waals surface area contributed by atoms with Crippen molar-refractivity contribution in [2.75, 3.05) is 0 Å². The number of nitrogens with zero attached hydrogens (tertiary/aromatic N) is 3. The highest BCUT2D eigenvalue weighted by molar-refractivity contribution is 6.98. The zero-order chi connectivity index (χ0) is 35.3. The molecule has 0 saturated heterocycles. The van der Waals surface area contributed by atoms with E-state index in [4.69, 9.17) is 19.4 Å². The SMILES string of the molecule is Cc1cnc(-c2ccc3c(c2)B2c4cc(-c5nc6ccccc6n5-c5c(C)cc(C)cc5C)ccc4Oc4cc(C(C)(C)C)cc(c42)O3)c(C)c1. The molecule has 0 atom stereocenters. The minimum absolute atomic E-state index is 0.0814. The zero-order valence-corrected chi connectivity index (χ0v) is 30.5. The van der Waals surface area contributed by atoms with Crippen molar-refractivity contribution in [3.63, 3.8) is 0 Å². The topological polar surface area (TPSA) is 49.2 Å². The molecule has 5 aromatic carbocycles. The minimum atomic E-state index is -0.108. The lowest BCUT2D eigenvalue weighted by atomic mass is 9.34. The van der Waals surface area contributed by atoms with E-state index in [9.17, 15) is 0 Å². The second-order valence-corrected chi connectivity index (χ2v) is 15.5. The summed E-state index contributed by atoms with van der Waals surface area (Å²) in [6, 6.07) is 32.6. The lowest BCUT2D eigenvalue weighted by Crippen LogP contribution is -2.57. The molecule has 6 heteroatoms. The molecule has 2 aliphatic heterocycles. The van der Waals surface area contributed by atoms with Gasteiger partial charge in [0.15, 0.2) is 0 Å². The molecule has 0 unspecified atom stereocenters. The van der Waals surface area contributed by atoms with Crippen LogP contribution in [0.3, 0.4) is 0 Å². The third-order valence-corrected chi connectivity index (χ3v) is 10.5. The molecule has 0 bridgehead atoms. The predicted molar refractivity (Wildman–Crippen MR) is 210 cm³/mol. The molecule has 0 N–H and O–H groups in total. The fourth-order valence-electron chi connectivity index (χ4n) is 8.21. The number of rotatable bonds is 3. The standard InChI is InChI=1S/C45H40BN3O2/c1-25-17-28(4)43(29(5)18-25)49-36-12-10-9-11-35(36)48-44(49)31-14-16-38-34(21-31)46-33-20-30(42-27(3)19-26(2)24-47-42)13-15-37(33)50-39-22-32(45(6,7)8)23-40(51-38)41(39)46/h9-24H,1-8H3. The summed E-state index contributed by atoms with van der Waals surface area (Å²) in [6.07, 6.45) is 1.94. The molecule has 2 aliphatic rings. The third-order valence-electron chi connectivity index (χ3n) is 10.5. The number of imidazole rings is 1. The molecule has 0 radical (unpaired) electrons. The maximum atomic E-state index is 6.82. The van der Waals surface area contributed by atoms with Gasteiger partial charge in [-0.05, 0) is 127 Å². The van der Waals surface area contributed by atoms with E-state index >= 15 is 0 Å². The molecule has 4 heterocycles. The Labute approximate surface area is 300 Å². The Morgan fingerprint density at radius 1 is 0.627 bits per heavy atom. The highest BCUT2D eigenvalue weighted by Crippen LogP contribution is 2.40. The Bertz CT molecular complexity index is 2550. The van der Waals surface area contributed by atoms with Gasteiger partial charge in [0.05, 0.1) is 22.4 Å². The van der Waals surface area contributed by atoms with E-state index in [2.05, 4.69) is 151 Å². The van der Waals surface area contributed by atoms with Crippen molar-refractivity contribution in [2.24, 2.45) is 0 Å². The number of para-hydroxylation sites is 2. The summed E-state index contributed by atoms with van der Waals surface area (Å²) in [7, 11) is 0. The van der Waals surface area contributed by atoms with Crippen LogP contribution < -0.4 is 25.9 Å². The second kappa shape index (κ2) is 11.2. The summed E-state index contributed by atoms with van der Waals surface area (Å²) in [5, 5.41) is 0. The number of fused-ring (bicyclic) bond motifs is 5. The molecule has 9 rings (SSSR count). The first kappa shape index (κ1) is 31.4. The molecule has 51 heavy (non-hydrogen) atoms. The van der Waals surface area contributed by atoms with Crippen LogP contribution in [0.5, 0.6) is 23.0 Å². The van der Waals surface area contributed by atoms with Crippen molar-refractivity contribution >= 4 is 34.1 Å². The van der Waals surface area contributed by atoms with Crippen molar-refractivity contribution in [1.82, 2.24) is 14.5 Å². The minimum Gasteiger partial charge on any atom is -0.458 e. The monoisotopic (exact) mass is 665 g/mol. The average Bonchev–Trinajstić information content (AvgIpc) is 3.46. The Morgan fingerprint density at radius 3 is 1.88 bits per heavy atom. The Balaban J connectivity index is 1.29. The van der Waals surface area contributed by atoms with Crippen molar-refractivity contribution in [3.8, 4) is 51.3 Å². The average molecular weight is 666 g/mol. The first-order valence-electron chi connectivity index (χ1n) is 17.8. The molecule has 5 nitrogen and oxygen atoms in total. The van der Waals surface area contributed by atoms with Crippen LogP contribution in [0.15, 0.2) is 97.2 Å². The second-order valence-electron chi connectivity index (χ2n) is 15.5. The van der Waals surface area contributed by atoms with Crippen LogP contribution in [0.2, 0.25) is 0 Å². The summed E-state index contributed by atoms with van der Waals surface area (Å²) >= 11 is 0. The smallest absolute Gasteiger partial charge is 0.260 e. The van der Waals surface area contributed by atoms with Gasteiger partial charge in [-0.1, -0.05) is 68.8 Å². The Hall–Kier alpha value is -5.62. The first-order chi connectivity index (χ1) is 24.4. The van der Waals surface area contributed by atoms with Gasteiger partial charge in [0.25, 0.3) is 6.71 Å². The van der Waals surface area contributed by atoms with Crippen LogP contribution in [0, 0.1) is 34.6 Å². The van der Waals surface area contributed by atoms with Gasteiger partial charge in [0.1, 0.15) is 28.8 Å². The molecule has 0 amide bonds. The highest BCUT2D eigenvalue weighted by atomic mass is 16.5. The van der Waals surface area contributed by atoms with E-state index < -0.39 is 0 Å². The van der Waals surface area contributed by atoms with Gasteiger partial charge in [0.2, 0.25) is 0 Å². The van der Waals surface area contributed by atoms with Gasteiger partial charge in [-0.25, -0.2) is 4.98 Å². The molecular weight excluding hydrogens is 625 g/mol. The largest absolute Gasteiger partial charge is 0.458 e. The van der Waals surface area contributed by atoms with Crippen LogP contribution in [0.4, 0.5) is 0 Å². The highest BCUT2D eigenvalue weighted by Gasteiger charge is 2.41. The van der Waals surface area contributed by atoms with E-state index in [1.54, 1.807) is 0 Å². The summed E-state index contributed by atoms with van der Waals surface area (Å²) in [4.78, 5) is 10.1. The van der Waals surface area contributed by atoms with E-state index in [-0.39, 0.29) is 12.1 Å². The molecular formula is C45H40BN3O2. The lowest BCUT2D eigenvalue weighted by Gasteiger charge is -2.35. The van der Waals surface area contributed by atoms with Gasteiger partial charge in [0, 0.05) is 22.8 Å². The summed E-state index contributed by atoms with van der Waals surface area (Å²) in [5.41, 5.74) is 16.6. The van der Waals surface area contributed by atoms with E-state index in [0.717, 1.165) is 84.2 Å². The maximum Gasteiger partial charge on any atom is 0.260 e. The van der Waals surface area contributed by atoms with Crippen LogP contribution in [0.25, 0.3) is 39.4 Å². The maximum absolute atomic E-state index is 6.82. The predicted octanol–water partition coefficient (Wildman–Crippen LogP) is 9.32. The fourth-order valence-corrected chi connectivity index (χ4v) is 8.21. The zero-order valence-electron chi connectivity index (χ0n) is 30.5. The molecule has 0 spiro atoms. The molecule has 0 fully saturated rings. The van der Waals surface area contributed by atoms with Gasteiger partial charge >= 0.3 is 0 Å². The van der Waals surface area contributed by atoms with Crippen molar-refractivity contribution < 1.29 is 9.47 Å². The third kappa shape index (κ3) is 4.99. The van der Waals surface area contributed by atoms with Gasteiger partial charge in [-0.15, -0.1) is 0 Å². The Kier molecular flexibility index (Phi) is 6.89. The fraction of sp³-hybridized carbons (Fsp3) is 0.200. The van der Waals surface area contributed by atoms with E-state index in [1.807, 2.05) is 6.20 Å². The number of ether oxygens (including phenoxy) is 2. The molecule has 7 aromatic rings. The number of benzene rings is 5. The van der Waals surface area contributed by atoms with Crippen molar-refractivity contribution in [1.29, 1.82) is 0 Å².